The molecule has 0 saturated carbocycles. The Kier molecular flexibility index (Phi) is 6.87. The van der Waals surface area contributed by atoms with Crippen molar-refractivity contribution in [3.05, 3.63) is 47.0 Å². The minimum Gasteiger partial charge on any atom is -0.496 e. The van der Waals surface area contributed by atoms with Crippen molar-refractivity contribution >= 4 is 38.9 Å². The third kappa shape index (κ3) is 4.54. The van der Waals surface area contributed by atoms with Gasteiger partial charge in [-0.05, 0) is 30.3 Å². The van der Waals surface area contributed by atoms with Crippen molar-refractivity contribution in [2.24, 2.45) is 0 Å². The van der Waals surface area contributed by atoms with E-state index < -0.39 is 15.9 Å². The van der Waals surface area contributed by atoms with Crippen molar-refractivity contribution in [2.75, 3.05) is 57.7 Å². The molecule has 1 aliphatic rings. The van der Waals surface area contributed by atoms with Gasteiger partial charge in [0.05, 0.1) is 47.2 Å². The molecule has 10 heteroatoms. The minimum absolute atomic E-state index is 0.0225. The molecular weight excluding hydrogens is 430 g/mol. The topological polar surface area (TPSA) is 88.2 Å². The highest BCUT2D eigenvalue weighted by atomic mass is 35.5. The minimum atomic E-state index is -3.76. The van der Waals surface area contributed by atoms with E-state index in [1.165, 1.54) is 29.6 Å². The maximum atomic E-state index is 13.1. The van der Waals surface area contributed by atoms with Crippen molar-refractivity contribution < 1.29 is 22.7 Å². The summed E-state index contributed by atoms with van der Waals surface area (Å²) in [6.07, 6.45) is 0. The first kappa shape index (κ1) is 22.4. The highest BCUT2D eigenvalue weighted by Gasteiger charge is 2.28. The van der Waals surface area contributed by atoms with Crippen LogP contribution >= 0.6 is 11.6 Å². The van der Waals surface area contributed by atoms with Crippen molar-refractivity contribution in [3.63, 3.8) is 0 Å². The Morgan fingerprint density at radius 3 is 2.53 bits per heavy atom. The molecule has 3 rings (SSSR count). The van der Waals surface area contributed by atoms with Gasteiger partial charge >= 0.3 is 0 Å². The van der Waals surface area contributed by atoms with Gasteiger partial charge in [-0.1, -0.05) is 17.7 Å². The second-order valence-corrected chi connectivity index (χ2v) is 9.21. The Morgan fingerprint density at radius 1 is 1.20 bits per heavy atom. The van der Waals surface area contributed by atoms with E-state index in [1.807, 2.05) is 14.1 Å². The Balaban J connectivity index is 1.97. The number of ether oxygens (including phenoxy) is 2. The molecule has 1 heterocycles. The van der Waals surface area contributed by atoms with Gasteiger partial charge in [0.15, 0.2) is 0 Å². The van der Waals surface area contributed by atoms with E-state index in [0.717, 1.165) is 0 Å². The Bertz CT molecular complexity index is 1040. The van der Waals surface area contributed by atoms with E-state index in [9.17, 15) is 13.2 Å². The van der Waals surface area contributed by atoms with Gasteiger partial charge in [-0.15, -0.1) is 0 Å². The molecule has 0 bridgehead atoms. The zero-order chi connectivity index (χ0) is 21.9. The predicted molar refractivity (Wildman–Crippen MR) is 116 cm³/mol. The fourth-order valence-corrected chi connectivity index (χ4v) is 5.00. The number of hydrogen-bond donors (Lipinski definition) is 1. The van der Waals surface area contributed by atoms with Gasteiger partial charge in [0.25, 0.3) is 5.91 Å². The maximum absolute atomic E-state index is 13.1. The molecule has 2 aromatic carbocycles. The number of rotatable bonds is 6. The summed E-state index contributed by atoms with van der Waals surface area (Å²) in [5, 5.41) is 3.29. The van der Waals surface area contributed by atoms with Crippen LogP contribution in [-0.2, 0) is 14.8 Å². The lowest BCUT2D eigenvalue weighted by molar-refractivity contribution is 0.0730. The predicted octanol–water partition coefficient (Wildman–Crippen LogP) is 2.69. The largest absolute Gasteiger partial charge is 0.496 e. The van der Waals surface area contributed by atoms with Crippen LogP contribution < -0.4 is 15.0 Å². The summed E-state index contributed by atoms with van der Waals surface area (Å²) in [5.74, 6) is -0.238. The van der Waals surface area contributed by atoms with E-state index in [0.29, 0.717) is 29.6 Å². The number of halogens is 1. The van der Waals surface area contributed by atoms with Crippen LogP contribution in [0.1, 0.15) is 10.4 Å². The Labute approximate surface area is 181 Å². The first-order chi connectivity index (χ1) is 14.3. The number of anilines is 2. The van der Waals surface area contributed by atoms with Crippen LogP contribution in [0.2, 0.25) is 5.02 Å². The zero-order valence-corrected chi connectivity index (χ0v) is 18.6. The molecule has 1 fully saturated rings. The number of hydrogen-bond acceptors (Lipinski definition) is 6. The molecule has 1 saturated heterocycles. The molecule has 0 unspecified atom stereocenters. The van der Waals surface area contributed by atoms with Gasteiger partial charge in [0, 0.05) is 27.2 Å². The van der Waals surface area contributed by atoms with Gasteiger partial charge in [-0.3, -0.25) is 4.79 Å². The van der Waals surface area contributed by atoms with Crippen LogP contribution in [-0.4, -0.2) is 66.1 Å². The lowest BCUT2D eigenvalue weighted by Gasteiger charge is -2.26. The van der Waals surface area contributed by atoms with Crippen LogP contribution in [0.4, 0.5) is 11.4 Å². The Morgan fingerprint density at radius 2 is 1.90 bits per heavy atom. The molecule has 0 aromatic heterocycles. The van der Waals surface area contributed by atoms with E-state index in [4.69, 9.17) is 21.1 Å². The quantitative estimate of drug-likeness (QED) is 0.723. The van der Waals surface area contributed by atoms with Crippen LogP contribution in [0, 0.1) is 0 Å². The number of nitrogens with one attached hydrogen (secondary N) is 1. The SMILES string of the molecule is COc1ccc(S(=O)(=O)N2CCOCC2)cc1C(=O)Nc1cccc(Cl)c1N(C)C. The van der Waals surface area contributed by atoms with Crippen LogP contribution in [0.25, 0.3) is 0 Å². The van der Waals surface area contributed by atoms with Gasteiger partial charge < -0.3 is 19.7 Å². The summed E-state index contributed by atoms with van der Waals surface area (Å²) in [4.78, 5) is 14.9. The summed E-state index contributed by atoms with van der Waals surface area (Å²) in [5.41, 5.74) is 1.25. The van der Waals surface area contributed by atoms with E-state index in [2.05, 4.69) is 5.32 Å². The summed E-state index contributed by atoms with van der Waals surface area (Å²) in [6.45, 7) is 1.21. The standard InChI is InChI=1S/C20H24ClN3O5S/c1-23(2)19-16(21)5-4-6-17(19)22-20(25)15-13-14(7-8-18(15)28-3)30(26,27)24-9-11-29-12-10-24/h4-8,13H,9-12H2,1-3H3,(H,22,25). The molecule has 2 aromatic rings. The number of methoxy groups -OCH3 is 1. The molecule has 1 aliphatic heterocycles. The monoisotopic (exact) mass is 453 g/mol. The first-order valence-corrected chi connectivity index (χ1v) is 11.1. The summed E-state index contributed by atoms with van der Waals surface area (Å²) < 4.78 is 37.8. The molecule has 0 atom stereocenters. The highest BCUT2D eigenvalue weighted by molar-refractivity contribution is 7.89. The molecule has 30 heavy (non-hydrogen) atoms. The van der Waals surface area contributed by atoms with E-state index >= 15 is 0 Å². The average molecular weight is 454 g/mol. The fourth-order valence-electron chi connectivity index (χ4n) is 3.22. The van der Waals surface area contributed by atoms with E-state index in [-0.39, 0.29) is 29.3 Å². The molecule has 0 radical (unpaired) electrons. The summed E-state index contributed by atoms with van der Waals surface area (Å²) in [7, 11) is 1.29. The van der Waals surface area contributed by atoms with Crippen molar-refractivity contribution in [1.82, 2.24) is 4.31 Å². The van der Waals surface area contributed by atoms with Crippen LogP contribution in [0.3, 0.4) is 0 Å². The normalized spacial score (nSPS) is 14.9. The number of amides is 1. The molecule has 1 N–H and O–H groups in total. The second kappa shape index (κ2) is 9.22. The highest BCUT2D eigenvalue weighted by Crippen LogP contribution is 2.33. The van der Waals surface area contributed by atoms with Crippen molar-refractivity contribution in [2.45, 2.75) is 4.90 Å². The first-order valence-electron chi connectivity index (χ1n) is 9.29. The third-order valence-corrected chi connectivity index (χ3v) is 6.91. The van der Waals surface area contributed by atoms with Gasteiger partial charge in [0.1, 0.15) is 5.75 Å². The van der Waals surface area contributed by atoms with Crippen LogP contribution in [0.15, 0.2) is 41.3 Å². The summed E-state index contributed by atoms with van der Waals surface area (Å²) >= 11 is 6.27. The number of carbonyl (C=O) groups is 1. The van der Waals surface area contributed by atoms with Crippen molar-refractivity contribution in [1.29, 1.82) is 0 Å². The number of carbonyl (C=O) groups excluding carboxylic acids is 1. The zero-order valence-electron chi connectivity index (χ0n) is 17.0. The number of sulfonamides is 1. The average Bonchev–Trinajstić information content (AvgIpc) is 2.73. The molecule has 0 spiro atoms. The number of para-hydroxylation sites is 1. The third-order valence-electron chi connectivity index (χ3n) is 4.71. The smallest absolute Gasteiger partial charge is 0.259 e. The number of nitrogens with zero attached hydrogens (tertiary/aromatic N) is 2. The molecule has 0 aliphatic carbocycles. The molecule has 162 valence electrons. The number of morpholine rings is 1. The van der Waals surface area contributed by atoms with Crippen molar-refractivity contribution in [3.8, 4) is 5.75 Å². The Hall–Kier alpha value is -2.33. The van der Waals surface area contributed by atoms with Gasteiger partial charge in [0.2, 0.25) is 10.0 Å². The lowest BCUT2D eigenvalue weighted by Crippen LogP contribution is -2.40. The second-order valence-electron chi connectivity index (χ2n) is 6.86. The fraction of sp³-hybridized carbons (Fsp3) is 0.350. The molecule has 8 nitrogen and oxygen atoms in total. The van der Waals surface area contributed by atoms with Crippen LogP contribution in [0.5, 0.6) is 5.75 Å². The lowest BCUT2D eigenvalue weighted by atomic mass is 10.1. The van der Waals surface area contributed by atoms with Gasteiger partial charge in [-0.25, -0.2) is 8.42 Å². The summed E-state index contributed by atoms with van der Waals surface area (Å²) in [6, 6.07) is 9.42. The molecule has 1 amide bonds. The molecular formula is C20H24ClN3O5S. The van der Waals surface area contributed by atoms with E-state index in [1.54, 1.807) is 23.1 Å². The number of benzene rings is 2. The van der Waals surface area contributed by atoms with Gasteiger partial charge in [-0.2, -0.15) is 4.31 Å². The maximum Gasteiger partial charge on any atom is 0.259 e.